The van der Waals surface area contributed by atoms with Crippen LogP contribution < -0.4 is 10.6 Å². The van der Waals surface area contributed by atoms with Gasteiger partial charge in [-0.05, 0) is 213 Å². The fourth-order valence-corrected chi connectivity index (χ4v) is 2.35. The van der Waals surface area contributed by atoms with Crippen molar-refractivity contribution in [1.29, 1.82) is 0 Å². The van der Waals surface area contributed by atoms with Gasteiger partial charge >= 0.3 is 0 Å². The van der Waals surface area contributed by atoms with E-state index in [0.29, 0.717) is 13.1 Å². The van der Waals surface area contributed by atoms with E-state index in [4.69, 9.17) is 0 Å². The zero-order valence-electron chi connectivity index (χ0n) is 26.5. The zero-order chi connectivity index (χ0) is 35.0. The van der Waals surface area contributed by atoms with Gasteiger partial charge in [0, 0.05) is 24.9 Å². The molecule has 48 heavy (non-hydrogen) atoms. The van der Waals surface area contributed by atoms with Crippen molar-refractivity contribution >= 4 is 11.8 Å². The van der Waals surface area contributed by atoms with Crippen LogP contribution in [0.2, 0.25) is 0 Å². The molecule has 0 aromatic heterocycles. The highest BCUT2D eigenvalue weighted by atomic mass is 16.2. The maximum absolute atomic E-state index is 11.8. The Morgan fingerprint density at radius 1 is 0.396 bits per heavy atom. The molecule has 0 bridgehead atoms. The van der Waals surface area contributed by atoms with E-state index in [1.54, 1.807) is 13.8 Å². The van der Waals surface area contributed by atoms with Crippen LogP contribution in [0.3, 0.4) is 0 Å². The first-order valence-electron chi connectivity index (χ1n) is 13.7. The van der Waals surface area contributed by atoms with E-state index in [-0.39, 0.29) is 0 Å². The van der Waals surface area contributed by atoms with Crippen molar-refractivity contribution in [2.24, 2.45) is 0 Å². The van der Waals surface area contributed by atoms with Crippen molar-refractivity contribution < 1.29 is 9.59 Å². The maximum Gasteiger partial charge on any atom is 0.296 e. The average Bonchev–Trinajstić information content (AvgIpc) is 3.08. The highest BCUT2D eigenvalue weighted by molar-refractivity contribution is 5.94. The molecule has 0 saturated heterocycles. The summed E-state index contributed by atoms with van der Waals surface area (Å²) in [5, 5.41) is 5.41. The lowest BCUT2D eigenvalue weighted by Crippen LogP contribution is -2.30. The predicted molar refractivity (Wildman–Crippen MR) is 189 cm³/mol. The molecule has 0 rings (SSSR count). The van der Waals surface area contributed by atoms with Crippen LogP contribution in [0.1, 0.15) is 26.7 Å². The molecule has 0 saturated carbocycles. The Morgan fingerprint density at radius 2 is 0.625 bits per heavy atom. The van der Waals surface area contributed by atoms with Gasteiger partial charge in [0.05, 0.1) is 0 Å². The smallest absolute Gasteiger partial charge is 0.296 e. The molecule has 0 fully saturated rings. The molecule has 0 aromatic carbocycles. The van der Waals surface area contributed by atoms with E-state index in [0.717, 1.165) is 25.9 Å². The molecule has 5 heteroatoms. The predicted octanol–water partition coefficient (Wildman–Crippen LogP) is 0.0250. The van der Waals surface area contributed by atoms with Crippen molar-refractivity contribution in [3.05, 3.63) is 0 Å². The van der Waals surface area contributed by atoms with E-state index in [2.05, 4.69) is 205 Å². The van der Waals surface area contributed by atoms with Gasteiger partial charge in [0.2, 0.25) is 0 Å². The van der Waals surface area contributed by atoms with Gasteiger partial charge in [-0.25, -0.2) is 0 Å². The minimum Gasteiger partial charge on any atom is -0.345 e. The van der Waals surface area contributed by atoms with Crippen LogP contribution in [-0.4, -0.2) is 49.9 Å². The fraction of sp³-hybridized carbons (Fsp3) is 0.209. The molecule has 0 aromatic rings. The molecular weight excluding hydrogens is 590 g/mol. The van der Waals surface area contributed by atoms with E-state index >= 15 is 0 Å². The molecular formula is C43H23N3O2. The lowest BCUT2D eigenvalue weighted by molar-refractivity contribution is -0.116. The lowest BCUT2D eigenvalue weighted by Gasteiger charge is -2.16. The monoisotopic (exact) mass is 613 g/mol. The highest BCUT2D eigenvalue weighted by Gasteiger charge is 2.00. The van der Waals surface area contributed by atoms with Crippen LogP contribution in [0.25, 0.3) is 0 Å². The van der Waals surface area contributed by atoms with Gasteiger partial charge in [-0.2, -0.15) is 0 Å². The first-order valence-corrected chi connectivity index (χ1v) is 13.7. The molecule has 0 radical (unpaired) electrons. The summed E-state index contributed by atoms with van der Waals surface area (Å²) in [5.41, 5.74) is 0. The fourth-order valence-electron chi connectivity index (χ4n) is 2.35. The van der Waals surface area contributed by atoms with E-state index < -0.39 is 11.8 Å². The van der Waals surface area contributed by atoms with Gasteiger partial charge in [0.1, 0.15) is 0 Å². The summed E-state index contributed by atoms with van der Waals surface area (Å²) in [6.45, 7) is 5.80. The van der Waals surface area contributed by atoms with Crippen LogP contribution >= 0.6 is 0 Å². The molecule has 0 spiro atoms. The van der Waals surface area contributed by atoms with Gasteiger partial charge in [0.25, 0.3) is 11.8 Å². The first kappa shape index (κ1) is 39.9. The highest BCUT2D eigenvalue weighted by Crippen LogP contribution is 1.89. The lowest BCUT2D eigenvalue weighted by atomic mass is 10.3. The largest absolute Gasteiger partial charge is 0.345 e. The summed E-state index contributed by atoms with van der Waals surface area (Å²) in [5.74, 6) is 79.1. The molecule has 0 aliphatic heterocycles. The minimum atomic E-state index is -0.426. The molecule has 0 aliphatic rings. The summed E-state index contributed by atoms with van der Waals surface area (Å²) in [6.07, 6.45) is 1.46. The van der Waals surface area contributed by atoms with Gasteiger partial charge in [0.15, 0.2) is 0 Å². The van der Waals surface area contributed by atoms with E-state index in [9.17, 15) is 9.59 Å². The third kappa shape index (κ3) is 32.4. The average molecular weight is 614 g/mol. The zero-order valence-corrected chi connectivity index (χ0v) is 26.5. The number of rotatable bonds is 8. The maximum atomic E-state index is 11.8. The van der Waals surface area contributed by atoms with Crippen molar-refractivity contribution in [1.82, 2.24) is 15.5 Å². The molecule has 222 valence electrons. The number of hydrogen-bond acceptors (Lipinski definition) is 3. The van der Waals surface area contributed by atoms with Gasteiger partial charge < -0.3 is 15.5 Å². The van der Waals surface area contributed by atoms with Crippen LogP contribution in [-0.2, 0) is 9.59 Å². The van der Waals surface area contributed by atoms with Crippen molar-refractivity contribution in [3.63, 3.8) is 0 Å². The second-order valence-corrected chi connectivity index (χ2v) is 7.77. The normalized spacial score (nSPS) is 6.08. The first-order chi connectivity index (χ1) is 23.6. The van der Waals surface area contributed by atoms with E-state index in [1.807, 2.05) is 7.05 Å². The summed E-state index contributed by atoms with van der Waals surface area (Å²) in [4.78, 5) is 25.6. The number of carbonyl (C=O) groups is 2. The van der Waals surface area contributed by atoms with Crippen molar-refractivity contribution in [3.8, 4) is 189 Å². The standard InChI is InChI=1S/C43H23N3O2/c1-4-6-8-10-12-14-16-18-20-22-24-26-28-30-32-36-42(47)44-38-34-40-46(3)41-35-39-45-43(48)37-33-31-29-27-25-23-21-19-17-15-13-11-9-7-5-2/h34-35,38-41H2,1-3H3,(H,44,47)(H,45,48). The van der Waals surface area contributed by atoms with Gasteiger partial charge in [-0.15, -0.1) is 0 Å². The Morgan fingerprint density at radius 3 is 0.875 bits per heavy atom. The van der Waals surface area contributed by atoms with Crippen molar-refractivity contribution in [2.75, 3.05) is 33.2 Å². The molecule has 5 nitrogen and oxygen atoms in total. The third-order valence-corrected chi connectivity index (χ3v) is 4.23. The summed E-state index contributed by atoms with van der Waals surface area (Å²) in [7, 11) is 1.95. The Balaban J connectivity index is 4.17. The van der Waals surface area contributed by atoms with Gasteiger partial charge in [-0.3, -0.25) is 9.59 Å². The van der Waals surface area contributed by atoms with Gasteiger partial charge in [-0.1, -0.05) is 11.8 Å². The molecule has 0 unspecified atom stereocenters. The number of nitrogens with one attached hydrogen (secondary N) is 2. The van der Waals surface area contributed by atoms with Crippen LogP contribution in [0.4, 0.5) is 0 Å². The molecule has 0 aliphatic carbocycles. The number of carbonyl (C=O) groups excluding carboxylic acids is 2. The minimum absolute atomic E-state index is 0.426. The Hall–Kier alpha value is -8.14. The second-order valence-electron chi connectivity index (χ2n) is 7.77. The SMILES string of the molecule is CC#CC#CC#CC#CC#CC#CC#CC#CC(=O)NCCCN(C)CCCNC(=O)C#CC#CC#CC#CC#CC#CC#CC#CC. The van der Waals surface area contributed by atoms with Crippen LogP contribution in [0.5, 0.6) is 0 Å². The topological polar surface area (TPSA) is 61.4 Å². The summed E-state index contributed by atoms with van der Waals surface area (Å²) in [6, 6.07) is 0. The Bertz CT molecular complexity index is 2090. The number of nitrogens with zero attached hydrogens (tertiary/aromatic N) is 1. The molecule has 0 atom stereocenters. The summed E-state index contributed by atoms with van der Waals surface area (Å²) >= 11 is 0. The molecule has 0 heterocycles. The molecule has 2 N–H and O–H groups in total. The van der Waals surface area contributed by atoms with Crippen LogP contribution in [0.15, 0.2) is 0 Å². The van der Waals surface area contributed by atoms with E-state index in [1.165, 1.54) is 0 Å². The van der Waals surface area contributed by atoms with Crippen molar-refractivity contribution in [2.45, 2.75) is 26.7 Å². The number of amides is 2. The summed E-state index contributed by atoms with van der Waals surface area (Å²) < 4.78 is 0. The van der Waals surface area contributed by atoms with Crippen LogP contribution in [0, 0.1) is 189 Å². The number of hydrogen-bond donors (Lipinski definition) is 2. The quantitative estimate of drug-likeness (QED) is 0.300. The second kappa shape index (κ2) is 33.4. The Kier molecular flexibility index (Phi) is 27.7. The third-order valence-electron chi connectivity index (χ3n) is 4.23. The Labute approximate surface area is 285 Å². The molecule has 2 amide bonds.